The normalized spacial score (nSPS) is 23.9. The Morgan fingerprint density at radius 3 is 2.12 bits per heavy atom. The Hall–Kier alpha value is -7.89. The minimum atomic E-state index is -1.80. The van der Waals surface area contributed by atoms with Crippen LogP contribution in [0.1, 0.15) is 119 Å². The predicted octanol–water partition coefficient (Wildman–Crippen LogP) is 3.48. The zero-order chi connectivity index (χ0) is 65.6. The van der Waals surface area contributed by atoms with Crippen LogP contribution in [0.3, 0.4) is 0 Å². The van der Waals surface area contributed by atoms with E-state index in [4.69, 9.17) is 18.6 Å². The lowest BCUT2D eigenvalue weighted by molar-refractivity contribution is -0.163. The number of anilines is 1. The molecule has 2 aliphatic rings. The molecule has 88 heavy (non-hydrogen) atoms. The van der Waals surface area contributed by atoms with Crippen molar-refractivity contribution in [3.05, 3.63) is 70.1 Å². The number of ether oxygens (including phenoxy) is 3. The van der Waals surface area contributed by atoms with Gasteiger partial charge in [0.2, 0.25) is 41.4 Å². The summed E-state index contributed by atoms with van der Waals surface area (Å²) in [5.41, 5.74) is 1.26. The Balaban J connectivity index is 1.55. The number of carbonyl (C=O) groups is 10. The van der Waals surface area contributed by atoms with E-state index >= 15 is 9.59 Å². The molecule has 0 spiro atoms. The topological polar surface area (TPSA) is 310 Å². The van der Waals surface area contributed by atoms with Crippen molar-refractivity contribution in [1.82, 2.24) is 36.0 Å². The van der Waals surface area contributed by atoms with Crippen LogP contribution in [0.5, 0.6) is 5.75 Å². The molecule has 0 bridgehead atoms. The zero-order valence-electron chi connectivity index (χ0n) is 53.6. The van der Waals surface area contributed by atoms with Crippen LogP contribution in [0.25, 0.3) is 11.0 Å². The molecule has 7 amide bonds. The molecule has 5 rings (SSSR count). The van der Waals surface area contributed by atoms with Crippen LogP contribution in [0.4, 0.5) is 5.69 Å². The number of nitrogens with zero attached hydrogens (tertiary/aromatic N) is 4. The van der Waals surface area contributed by atoms with Crippen molar-refractivity contribution in [3.8, 4) is 5.75 Å². The van der Waals surface area contributed by atoms with Gasteiger partial charge in [-0.3, -0.25) is 43.2 Å². The number of likely N-dealkylation sites (N-methyl/N-ethyl adjacent to an activating group) is 2. The highest BCUT2D eigenvalue weighted by Gasteiger charge is 2.45. The number of esters is 2. The van der Waals surface area contributed by atoms with Gasteiger partial charge in [-0.2, -0.15) is 0 Å². The van der Waals surface area contributed by atoms with Gasteiger partial charge in [0.05, 0.1) is 44.6 Å². The SMILES string of the molecule is CC[C@H](C)C1NC(=O)C(NC(=O)[C@@H](CC(C)C)N(C)C(=O)CNC(=O)Cc2cc(=O)oc3cc(N(C)C)ccc23)[C@@H](C)OC(=O)C(Cc2ccc(OC)cc2)N(C)C(=O)[C@@H]2CCCN2C(=O)C(CC(C)C)NC(=O)[C@@H](C)C(=O)C(C(C)C)OC(=O)C[C@@H]1O. The molecule has 0 aliphatic carbocycles. The summed E-state index contributed by atoms with van der Waals surface area (Å²) in [6.45, 7) is 16.2. The maximum Gasteiger partial charge on any atom is 0.336 e. The lowest BCUT2D eigenvalue weighted by Crippen LogP contribution is -2.61. The number of carbonyl (C=O) groups excluding carboxylic acids is 10. The minimum absolute atomic E-state index is 0.0280. The van der Waals surface area contributed by atoms with E-state index in [0.717, 1.165) is 10.6 Å². The summed E-state index contributed by atoms with van der Waals surface area (Å²) >= 11 is 0. The van der Waals surface area contributed by atoms with Gasteiger partial charge in [0, 0.05) is 64.4 Å². The molecule has 5 unspecified atom stereocenters. The number of fused-ring (bicyclic) bond motifs is 2. The zero-order valence-corrected chi connectivity index (χ0v) is 53.6. The van der Waals surface area contributed by atoms with Gasteiger partial charge in [0.1, 0.15) is 47.6 Å². The molecule has 3 aromatic rings. The Labute approximate surface area is 515 Å². The molecule has 5 N–H and O–H groups in total. The summed E-state index contributed by atoms with van der Waals surface area (Å²) in [6.07, 6.45) is -4.86. The lowest BCUT2D eigenvalue weighted by Gasteiger charge is -2.36. The maximum atomic E-state index is 15.1. The molecule has 484 valence electrons. The van der Waals surface area contributed by atoms with E-state index in [1.807, 2.05) is 32.8 Å². The average molecular weight is 1230 g/mol. The van der Waals surface area contributed by atoms with E-state index in [9.17, 15) is 48.3 Å². The third-order valence-electron chi connectivity index (χ3n) is 16.5. The van der Waals surface area contributed by atoms with Crippen molar-refractivity contribution in [2.75, 3.05) is 53.3 Å². The minimum Gasteiger partial charge on any atom is -0.497 e. The van der Waals surface area contributed by atoms with Crippen LogP contribution in [0, 0.1) is 29.6 Å². The molecule has 2 aliphatic heterocycles. The van der Waals surface area contributed by atoms with Crippen molar-refractivity contribution < 1.29 is 71.7 Å². The predicted molar refractivity (Wildman–Crippen MR) is 327 cm³/mol. The Morgan fingerprint density at radius 2 is 1.52 bits per heavy atom. The molecule has 24 heteroatoms. The number of aliphatic hydroxyl groups is 1. The van der Waals surface area contributed by atoms with Gasteiger partial charge in [0.25, 0.3) is 0 Å². The van der Waals surface area contributed by atoms with Crippen LogP contribution in [-0.2, 0) is 70.3 Å². The summed E-state index contributed by atoms with van der Waals surface area (Å²) < 4.78 is 22.7. The van der Waals surface area contributed by atoms with E-state index in [-0.39, 0.29) is 56.1 Å². The van der Waals surface area contributed by atoms with Gasteiger partial charge in [0.15, 0.2) is 11.9 Å². The molecule has 0 radical (unpaired) electrons. The molecular formula is C64H92N8O16. The standard InChI is InChI=1S/C64H92N8O16/c1-16-37(8)55-49(73)32-54(77)88-58(36(6)7)57(78)38(9)59(79)66-45(26-34(2)3)62(82)72-25-17-18-46(72)63(83)71(14)48(28-40-19-22-43(85-15)23-20-40)64(84)86-39(10)56(61(81)67-55)68-60(80)47(27-35(4)5)70(13)52(75)33-65-51(74)29-41-30-53(76)87-50-31-42(69(11)12)21-24-44(41)50/h19-24,30-31,34-39,45-49,55-56,58,73H,16-18,25-29,32-33H2,1-15H3,(H,65,74)(H,66,79)(H,67,81)(H,68,80)/t37-,38-,39+,45?,46-,47+,48?,49-,55?,56?,58?/m0/s1. The summed E-state index contributed by atoms with van der Waals surface area (Å²) in [6, 6.07) is 4.99. The fourth-order valence-electron chi connectivity index (χ4n) is 11.0. The number of ketones is 1. The Bertz CT molecular complexity index is 3050. The number of Topliss-reactive ketones (excluding diaryl/α,β-unsaturated/α-hetero) is 1. The fourth-order valence-corrected chi connectivity index (χ4v) is 11.0. The number of nitrogens with one attached hydrogen (secondary N) is 4. The smallest absolute Gasteiger partial charge is 0.336 e. The number of hydrogen-bond acceptors (Lipinski definition) is 17. The molecule has 1 aromatic heterocycles. The molecule has 3 heterocycles. The summed E-state index contributed by atoms with van der Waals surface area (Å²) in [7, 11) is 7.87. The molecule has 11 atom stereocenters. The number of aliphatic hydroxyl groups excluding tert-OH is 1. The van der Waals surface area contributed by atoms with Crippen molar-refractivity contribution >= 4 is 75.7 Å². The number of hydrogen-bond donors (Lipinski definition) is 5. The van der Waals surface area contributed by atoms with Crippen LogP contribution in [0.15, 0.2) is 57.7 Å². The highest BCUT2D eigenvalue weighted by molar-refractivity contribution is 6.05. The average Bonchev–Trinajstić information content (AvgIpc) is 1.60. The van der Waals surface area contributed by atoms with Gasteiger partial charge in [-0.15, -0.1) is 0 Å². The van der Waals surface area contributed by atoms with Crippen molar-refractivity contribution in [1.29, 1.82) is 0 Å². The van der Waals surface area contributed by atoms with Gasteiger partial charge in [-0.25, -0.2) is 9.59 Å². The van der Waals surface area contributed by atoms with Gasteiger partial charge < -0.3 is 64.6 Å². The Kier molecular flexibility index (Phi) is 25.6. The Morgan fingerprint density at radius 1 is 0.852 bits per heavy atom. The summed E-state index contributed by atoms with van der Waals surface area (Å²) in [4.78, 5) is 162. The van der Waals surface area contributed by atoms with Crippen molar-refractivity contribution in [3.63, 3.8) is 0 Å². The summed E-state index contributed by atoms with van der Waals surface area (Å²) in [5.74, 6) is -10.6. The molecule has 24 nitrogen and oxygen atoms in total. The first-order valence-corrected chi connectivity index (χ1v) is 30.4. The second-order valence-corrected chi connectivity index (χ2v) is 24.8. The number of benzene rings is 2. The second-order valence-electron chi connectivity index (χ2n) is 24.8. The molecule has 0 saturated carbocycles. The third kappa shape index (κ3) is 18.6. The molecule has 2 saturated heterocycles. The lowest BCUT2D eigenvalue weighted by atomic mass is 9.91. The number of rotatable bonds is 18. The quantitative estimate of drug-likeness (QED) is 0.0692. The van der Waals surface area contributed by atoms with E-state index < -0.39 is 150 Å². The first-order valence-electron chi connectivity index (χ1n) is 30.4. The monoisotopic (exact) mass is 1230 g/mol. The fraction of sp³-hybridized carbons (Fsp3) is 0.609. The van der Waals surface area contributed by atoms with Crippen LogP contribution in [0.2, 0.25) is 0 Å². The first-order chi connectivity index (χ1) is 41.4. The summed E-state index contributed by atoms with van der Waals surface area (Å²) in [5, 5.41) is 23.2. The molecular weight excluding hydrogens is 1140 g/mol. The third-order valence-corrected chi connectivity index (χ3v) is 16.5. The molecule has 2 aromatic carbocycles. The number of cyclic esters (lactones) is 2. The van der Waals surface area contributed by atoms with Crippen molar-refractivity contribution in [2.45, 2.75) is 175 Å². The highest BCUT2D eigenvalue weighted by atomic mass is 16.6. The van der Waals surface area contributed by atoms with Crippen molar-refractivity contribution in [2.24, 2.45) is 29.6 Å². The van der Waals surface area contributed by atoms with Gasteiger partial charge in [-0.05, 0) is 98.6 Å². The van der Waals surface area contributed by atoms with E-state index in [1.165, 1.54) is 50.9 Å². The van der Waals surface area contributed by atoms with Gasteiger partial charge >= 0.3 is 17.6 Å². The van der Waals surface area contributed by atoms with E-state index in [2.05, 4.69) is 21.3 Å². The van der Waals surface area contributed by atoms with E-state index in [1.54, 1.807) is 84.0 Å². The largest absolute Gasteiger partial charge is 0.497 e. The van der Waals surface area contributed by atoms with Crippen LogP contribution in [-0.4, -0.2) is 182 Å². The number of methoxy groups -OCH3 is 1. The first kappa shape index (κ1) is 70.9. The van der Waals surface area contributed by atoms with Crippen LogP contribution >= 0.6 is 0 Å². The highest BCUT2D eigenvalue weighted by Crippen LogP contribution is 2.27. The maximum absolute atomic E-state index is 15.1. The molecule has 2 fully saturated rings. The second kappa shape index (κ2) is 31.8. The number of amides is 7. The van der Waals surface area contributed by atoms with Gasteiger partial charge in [-0.1, -0.05) is 73.9 Å². The van der Waals surface area contributed by atoms with E-state index in [0.29, 0.717) is 35.1 Å². The van der Waals surface area contributed by atoms with Crippen LogP contribution < -0.4 is 36.5 Å².